The Labute approximate surface area is 72.2 Å². The van der Waals surface area contributed by atoms with Crippen molar-refractivity contribution in [3.63, 3.8) is 0 Å². The Morgan fingerprint density at radius 3 is 1.92 bits per heavy atom. The van der Waals surface area contributed by atoms with Crippen LogP contribution in [0.5, 0.6) is 11.5 Å². The number of aromatic hydroxyl groups is 2. The lowest BCUT2D eigenvalue weighted by molar-refractivity contribution is 0.344. The van der Waals surface area contributed by atoms with Gasteiger partial charge in [-0.05, 0) is 6.42 Å². The Balaban J connectivity index is 3.56. The van der Waals surface area contributed by atoms with Gasteiger partial charge in [-0.2, -0.15) is 4.39 Å². The molecule has 0 aliphatic rings. The third-order valence-corrected chi connectivity index (χ3v) is 1.72. The van der Waals surface area contributed by atoms with E-state index >= 15 is 0 Å². The number of hydrogen-bond donors (Lipinski definition) is 2. The lowest BCUT2D eigenvalue weighted by Gasteiger charge is -2.07. The van der Waals surface area contributed by atoms with E-state index in [-0.39, 0.29) is 6.42 Å². The molecule has 0 aliphatic carbocycles. The lowest BCUT2D eigenvalue weighted by Crippen LogP contribution is -1.98. The predicted molar refractivity (Wildman–Crippen MR) is 39.0 cm³/mol. The van der Waals surface area contributed by atoms with E-state index in [1.807, 2.05) is 0 Å². The first-order valence-electron chi connectivity index (χ1n) is 3.57. The number of rotatable bonds is 1. The summed E-state index contributed by atoms with van der Waals surface area (Å²) >= 11 is 0. The van der Waals surface area contributed by atoms with Crippen LogP contribution >= 0.6 is 0 Å². The number of hydrogen-bond acceptors (Lipinski definition) is 2. The largest absolute Gasteiger partial charge is 0.504 e. The molecule has 0 amide bonds. The minimum Gasteiger partial charge on any atom is -0.504 e. The Morgan fingerprint density at radius 1 is 0.923 bits per heavy atom. The summed E-state index contributed by atoms with van der Waals surface area (Å²) in [5.41, 5.74) is -0.434. The van der Waals surface area contributed by atoms with Crippen LogP contribution in [0.15, 0.2) is 0 Å². The second-order valence-corrected chi connectivity index (χ2v) is 2.47. The Morgan fingerprint density at radius 2 is 1.46 bits per heavy atom. The maximum atomic E-state index is 12.8. The summed E-state index contributed by atoms with van der Waals surface area (Å²) in [5, 5.41) is 17.8. The van der Waals surface area contributed by atoms with Crippen molar-refractivity contribution in [3.05, 3.63) is 23.0 Å². The van der Waals surface area contributed by atoms with Crippen LogP contribution in [-0.4, -0.2) is 10.2 Å². The summed E-state index contributed by atoms with van der Waals surface area (Å²) < 4.78 is 38.0. The van der Waals surface area contributed by atoms with Crippen LogP contribution in [-0.2, 0) is 6.42 Å². The number of phenols is 2. The molecule has 1 aromatic rings. The first-order chi connectivity index (χ1) is 6.00. The molecule has 0 fully saturated rings. The fourth-order valence-corrected chi connectivity index (χ4v) is 1.01. The minimum absolute atomic E-state index is 0.0393. The van der Waals surface area contributed by atoms with Gasteiger partial charge in [-0.3, -0.25) is 0 Å². The first-order valence-corrected chi connectivity index (χ1v) is 3.57. The molecule has 0 bridgehead atoms. The highest BCUT2D eigenvalue weighted by atomic mass is 19.2. The summed E-state index contributed by atoms with van der Waals surface area (Å²) in [4.78, 5) is 0. The third-order valence-electron chi connectivity index (χ3n) is 1.72. The summed E-state index contributed by atoms with van der Waals surface area (Å²) in [5.74, 6) is -7.20. The molecule has 5 heteroatoms. The second kappa shape index (κ2) is 3.16. The van der Waals surface area contributed by atoms with Crippen molar-refractivity contribution in [1.29, 1.82) is 0 Å². The molecule has 0 unspecified atom stereocenters. The molecule has 0 aromatic heterocycles. The summed E-state index contributed by atoms with van der Waals surface area (Å²) in [6.07, 6.45) is -0.0393. The maximum absolute atomic E-state index is 12.8. The van der Waals surface area contributed by atoms with Crippen molar-refractivity contribution in [1.82, 2.24) is 0 Å². The summed E-state index contributed by atoms with van der Waals surface area (Å²) in [7, 11) is 0. The van der Waals surface area contributed by atoms with Gasteiger partial charge in [0.05, 0.1) is 0 Å². The van der Waals surface area contributed by atoms with E-state index in [1.54, 1.807) is 0 Å². The minimum atomic E-state index is -1.77. The standard InChI is InChI=1S/C8H7F3O2/c1-2-3-4(9)5(10)6(11)8(13)7(3)12/h12-13H,2H2,1H3. The quantitative estimate of drug-likeness (QED) is 0.528. The van der Waals surface area contributed by atoms with Gasteiger partial charge in [-0.1, -0.05) is 6.92 Å². The Kier molecular flexibility index (Phi) is 2.36. The summed E-state index contributed by atoms with van der Waals surface area (Å²) in [6, 6.07) is 0. The van der Waals surface area contributed by atoms with Gasteiger partial charge in [0, 0.05) is 5.56 Å². The zero-order valence-corrected chi connectivity index (χ0v) is 6.74. The highest BCUT2D eigenvalue weighted by Crippen LogP contribution is 2.35. The molecular formula is C8H7F3O2. The average molecular weight is 192 g/mol. The van der Waals surface area contributed by atoms with Crippen molar-refractivity contribution in [2.75, 3.05) is 0 Å². The molecule has 2 N–H and O–H groups in total. The second-order valence-electron chi connectivity index (χ2n) is 2.47. The third kappa shape index (κ3) is 1.30. The lowest BCUT2D eigenvalue weighted by atomic mass is 10.1. The Bertz CT molecular complexity index is 321. The highest BCUT2D eigenvalue weighted by Gasteiger charge is 2.23. The van der Waals surface area contributed by atoms with E-state index in [4.69, 9.17) is 10.2 Å². The zero-order valence-electron chi connectivity index (χ0n) is 6.74. The molecular weight excluding hydrogens is 185 g/mol. The molecule has 0 saturated carbocycles. The van der Waals surface area contributed by atoms with Crippen LogP contribution in [0.1, 0.15) is 12.5 Å². The summed E-state index contributed by atoms with van der Waals surface area (Å²) in [6.45, 7) is 1.44. The van der Waals surface area contributed by atoms with Crippen molar-refractivity contribution in [2.45, 2.75) is 13.3 Å². The molecule has 2 nitrogen and oxygen atoms in total. The molecule has 1 aromatic carbocycles. The number of benzene rings is 1. The van der Waals surface area contributed by atoms with Gasteiger partial charge >= 0.3 is 0 Å². The van der Waals surface area contributed by atoms with Crippen LogP contribution in [0, 0.1) is 17.5 Å². The predicted octanol–water partition coefficient (Wildman–Crippen LogP) is 2.08. The molecule has 0 aliphatic heterocycles. The molecule has 0 saturated heterocycles. The van der Waals surface area contributed by atoms with E-state index in [2.05, 4.69) is 0 Å². The molecule has 13 heavy (non-hydrogen) atoms. The van der Waals surface area contributed by atoms with Crippen LogP contribution in [0.3, 0.4) is 0 Å². The van der Waals surface area contributed by atoms with Gasteiger partial charge in [-0.15, -0.1) is 0 Å². The van der Waals surface area contributed by atoms with E-state index in [1.165, 1.54) is 6.92 Å². The number of phenolic OH excluding ortho intramolecular Hbond substituents is 2. The first kappa shape index (κ1) is 9.70. The van der Waals surface area contributed by atoms with Crippen molar-refractivity contribution < 1.29 is 23.4 Å². The van der Waals surface area contributed by atoms with E-state index in [0.29, 0.717) is 0 Å². The van der Waals surface area contributed by atoms with Gasteiger partial charge in [-0.25, -0.2) is 8.78 Å². The molecule has 72 valence electrons. The Hall–Kier alpha value is -1.39. The van der Waals surface area contributed by atoms with Gasteiger partial charge in [0.25, 0.3) is 0 Å². The van der Waals surface area contributed by atoms with Crippen LogP contribution in [0.2, 0.25) is 0 Å². The smallest absolute Gasteiger partial charge is 0.207 e. The van der Waals surface area contributed by atoms with Gasteiger partial charge in [0.15, 0.2) is 23.1 Å². The van der Waals surface area contributed by atoms with Gasteiger partial charge in [0.2, 0.25) is 5.82 Å². The zero-order chi connectivity index (χ0) is 10.2. The van der Waals surface area contributed by atoms with E-state index in [0.717, 1.165) is 0 Å². The monoisotopic (exact) mass is 192 g/mol. The number of halogens is 3. The van der Waals surface area contributed by atoms with Crippen molar-refractivity contribution >= 4 is 0 Å². The average Bonchev–Trinajstić information content (AvgIpc) is 2.13. The topological polar surface area (TPSA) is 40.5 Å². The van der Waals surface area contributed by atoms with Crippen LogP contribution < -0.4 is 0 Å². The fraction of sp³-hybridized carbons (Fsp3) is 0.250. The van der Waals surface area contributed by atoms with Crippen LogP contribution in [0.4, 0.5) is 13.2 Å². The molecule has 0 heterocycles. The van der Waals surface area contributed by atoms with Crippen molar-refractivity contribution in [2.24, 2.45) is 0 Å². The maximum Gasteiger partial charge on any atom is 0.207 e. The van der Waals surface area contributed by atoms with Gasteiger partial charge < -0.3 is 10.2 Å². The van der Waals surface area contributed by atoms with Crippen LogP contribution in [0.25, 0.3) is 0 Å². The fourth-order valence-electron chi connectivity index (χ4n) is 1.01. The normalized spacial score (nSPS) is 10.5. The molecule has 0 radical (unpaired) electrons. The molecule has 0 spiro atoms. The molecule has 1 rings (SSSR count). The van der Waals surface area contributed by atoms with Gasteiger partial charge in [0.1, 0.15) is 0 Å². The SMILES string of the molecule is CCc1c(O)c(O)c(F)c(F)c1F. The highest BCUT2D eigenvalue weighted by molar-refractivity contribution is 5.46. The molecule has 0 atom stereocenters. The van der Waals surface area contributed by atoms with Crippen molar-refractivity contribution in [3.8, 4) is 11.5 Å². The van der Waals surface area contributed by atoms with E-state index < -0.39 is 34.5 Å². The van der Waals surface area contributed by atoms with E-state index in [9.17, 15) is 13.2 Å².